The average molecular weight is 227 g/mol. The molecule has 1 aliphatic heterocycles. The van der Waals surface area contributed by atoms with Crippen LogP contribution in [0.3, 0.4) is 0 Å². The van der Waals surface area contributed by atoms with E-state index in [2.05, 4.69) is 14.9 Å². The van der Waals surface area contributed by atoms with Crippen LogP contribution < -0.4 is 0 Å². The molecule has 16 heavy (non-hydrogen) atoms. The van der Waals surface area contributed by atoms with Crippen LogP contribution in [0, 0.1) is 0 Å². The van der Waals surface area contributed by atoms with E-state index in [4.69, 9.17) is 5.11 Å². The standard InChI is InChI=1S/C9H13N3O4/c13-6-2-1-3-12(4-6)5-7-8(9(14)15)11-16-10-7/h6,13H,1-5H2,(H,14,15). The van der Waals surface area contributed by atoms with Crippen molar-refractivity contribution in [2.45, 2.75) is 25.5 Å². The molecule has 1 aromatic rings. The summed E-state index contributed by atoms with van der Waals surface area (Å²) in [7, 11) is 0. The first-order valence-corrected chi connectivity index (χ1v) is 5.12. The molecule has 0 radical (unpaired) electrons. The van der Waals surface area contributed by atoms with Crippen LogP contribution in [0.15, 0.2) is 4.63 Å². The Morgan fingerprint density at radius 2 is 2.38 bits per heavy atom. The first-order valence-electron chi connectivity index (χ1n) is 5.12. The topological polar surface area (TPSA) is 99.7 Å². The van der Waals surface area contributed by atoms with Gasteiger partial charge in [-0.3, -0.25) is 4.90 Å². The summed E-state index contributed by atoms with van der Waals surface area (Å²) in [4.78, 5) is 12.7. The molecule has 1 saturated heterocycles. The van der Waals surface area contributed by atoms with Crippen LogP contribution in [0.5, 0.6) is 0 Å². The maximum Gasteiger partial charge on any atom is 0.360 e. The first-order chi connectivity index (χ1) is 7.66. The van der Waals surface area contributed by atoms with Crippen molar-refractivity contribution in [3.8, 4) is 0 Å². The largest absolute Gasteiger partial charge is 0.476 e. The molecule has 0 aromatic carbocycles. The number of hydrogen-bond acceptors (Lipinski definition) is 6. The minimum absolute atomic E-state index is 0.153. The molecule has 2 rings (SSSR count). The summed E-state index contributed by atoms with van der Waals surface area (Å²) in [6.07, 6.45) is 1.34. The number of hydrogen-bond donors (Lipinski definition) is 2. The highest BCUT2D eigenvalue weighted by Crippen LogP contribution is 2.14. The Hall–Kier alpha value is -1.47. The first kappa shape index (κ1) is 11.0. The zero-order valence-corrected chi connectivity index (χ0v) is 8.67. The molecule has 0 bridgehead atoms. The lowest BCUT2D eigenvalue weighted by Crippen LogP contribution is -2.38. The van der Waals surface area contributed by atoms with Gasteiger partial charge < -0.3 is 10.2 Å². The second-order valence-corrected chi connectivity index (χ2v) is 3.90. The van der Waals surface area contributed by atoms with E-state index < -0.39 is 5.97 Å². The third kappa shape index (κ3) is 2.37. The molecule has 0 saturated carbocycles. The Kier molecular flexibility index (Phi) is 3.16. The molecule has 0 spiro atoms. The molecule has 7 heteroatoms. The van der Waals surface area contributed by atoms with E-state index in [0.717, 1.165) is 19.4 Å². The molecule has 1 aliphatic rings. The molecule has 1 fully saturated rings. The molecule has 0 amide bonds. The van der Waals surface area contributed by atoms with Crippen molar-refractivity contribution in [3.63, 3.8) is 0 Å². The highest BCUT2D eigenvalue weighted by molar-refractivity contribution is 5.86. The number of aliphatic hydroxyl groups excluding tert-OH is 1. The van der Waals surface area contributed by atoms with Crippen LogP contribution in [0.2, 0.25) is 0 Å². The molecule has 2 heterocycles. The Bertz CT molecular complexity index is 379. The summed E-state index contributed by atoms with van der Waals surface area (Å²) in [5.41, 5.74) is 0.154. The normalized spacial score (nSPS) is 22.2. The Labute approximate surface area is 91.6 Å². The summed E-state index contributed by atoms with van der Waals surface area (Å²) in [5, 5.41) is 25.2. The van der Waals surface area contributed by atoms with Gasteiger partial charge in [-0.1, -0.05) is 5.16 Å². The predicted octanol–water partition coefficient (Wildman–Crippen LogP) is -0.275. The molecule has 7 nitrogen and oxygen atoms in total. The second kappa shape index (κ2) is 4.58. The van der Waals surface area contributed by atoms with Crippen molar-refractivity contribution in [3.05, 3.63) is 11.4 Å². The predicted molar refractivity (Wildman–Crippen MR) is 51.8 cm³/mol. The van der Waals surface area contributed by atoms with Crippen molar-refractivity contribution in [1.29, 1.82) is 0 Å². The third-order valence-corrected chi connectivity index (χ3v) is 2.61. The van der Waals surface area contributed by atoms with Gasteiger partial charge in [-0.05, 0) is 24.5 Å². The summed E-state index contributed by atoms with van der Waals surface area (Å²) in [6, 6.07) is 0. The van der Waals surface area contributed by atoms with Crippen LogP contribution in [0.4, 0.5) is 0 Å². The van der Waals surface area contributed by atoms with E-state index in [-0.39, 0.29) is 11.8 Å². The number of aromatic nitrogens is 2. The fraction of sp³-hybridized carbons (Fsp3) is 0.667. The van der Waals surface area contributed by atoms with E-state index in [1.165, 1.54) is 0 Å². The maximum absolute atomic E-state index is 10.8. The minimum Gasteiger partial charge on any atom is -0.476 e. The molecule has 88 valence electrons. The van der Waals surface area contributed by atoms with Gasteiger partial charge in [0.2, 0.25) is 5.69 Å². The van der Waals surface area contributed by atoms with Crippen LogP contribution in [-0.4, -0.2) is 50.6 Å². The number of carboxylic acids is 1. The van der Waals surface area contributed by atoms with E-state index in [1.807, 2.05) is 4.90 Å². The number of rotatable bonds is 3. The lowest BCUT2D eigenvalue weighted by Gasteiger charge is -2.28. The van der Waals surface area contributed by atoms with Crippen molar-refractivity contribution < 1.29 is 19.6 Å². The van der Waals surface area contributed by atoms with Crippen LogP contribution in [0.25, 0.3) is 0 Å². The van der Waals surface area contributed by atoms with Gasteiger partial charge in [-0.25, -0.2) is 9.42 Å². The summed E-state index contributed by atoms with van der Waals surface area (Å²) >= 11 is 0. The van der Waals surface area contributed by atoms with E-state index >= 15 is 0 Å². The number of likely N-dealkylation sites (tertiary alicyclic amines) is 1. The van der Waals surface area contributed by atoms with Crippen LogP contribution >= 0.6 is 0 Å². The maximum atomic E-state index is 10.8. The van der Waals surface area contributed by atoms with Gasteiger partial charge in [-0.2, -0.15) is 0 Å². The number of nitrogens with zero attached hydrogens (tertiary/aromatic N) is 3. The number of piperidine rings is 1. The van der Waals surface area contributed by atoms with Crippen molar-refractivity contribution in [2.24, 2.45) is 0 Å². The van der Waals surface area contributed by atoms with Gasteiger partial charge in [0, 0.05) is 13.1 Å². The van der Waals surface area contributed by atoms with Gasteiger partial charge in [0.25, 0.3) is 0 Å². The quantitative estimate of drug-likeness (QED) is 0.732. The van der Waals surface area contributed by atoms with Gasteiger partial charge in [-0.15, -0.1) is 0 Å². The van der Waals surface area contributed by atoms with Gasteiger partial charge in [0.15, 0.2) is 0 Å². The number of aromatic carboxylic acids is 1. The zero-order valence-electron chi connectivity index (χ0n) is 8.67. The van der Waals surface area contributed by atoms with Gasteiger partial charge >= 0.3 is 5.97 Å². The van der Waals surface area contributed by atoms with Crippen molar-refractivity contribution in [1.82, 2.24) is 15.2 Å². The number of β-amino-alcohol motifs (C(OH)–C–C–N with tert-alkyl or cyclic N) is 1. The van der Waals surface area contributed by atoms with E-state index in [1.54, 1.807) is 0 Å². The SMILES string of the molecule is O=C(O)c1nonc1CN1CCCC(O)C1. The van der Waals surface area contributed by atoms with Crippen molar-refractivity contribution in [2.75, 3.05) is 13.1 Å². The second-order valence-electron chi connectivity index (χ2n) is 3.90. The molecule has 1 atom stereocenters. The van der Waals surface area contributed by atoms with Gasteiger partial charge in [0.1, 0.15) is 5.69 Å². The molecule has 0 aliphatic carbocycles. The Balaban J connectivity index is 2.02. The fourth-order valence-electron chi connectivity index (χ4n) is 1.86. The monoisotopic (exact) mass is 227 g/mol. The highest BCUT2D eigenvalue weighted by atomic mass is 16.6. The smallest absolute Gasteiger partial charge is 0.360 e. The minimum atomic E-state index is -1.14. The van der Waals surface area contributed by atoms with Crippen LogP contribution in [0.1, 0.15) is 29.0 Å². The lowest BCUT2D eigenvalue weighted by molar-refractivity contribution is 0.0641. The number of carbonyl (C=O) groups is 1. The highest BCUT2D eigenvalue weighted by Gasteiger charge is 2.23. The van der Waals surface area contributed by atoms with Gasteiger partial charge in [0.05, 0.1) is 6.10 Å². The fourth-order valence-corrected chi connectivity index (χ4v) is 1.86. The summed E-state index contributed by atoms with van der Waals surface area (Å²) in [5.74, 6) is -1.14. The molecule has 1 aromatic heterocycles. The van der Waals surface area contributed by atoms with E-state index in [9.17, 15) is 9.90 Å². The number of carboxylic acid groups (broad SMARTS) is 1. The third-order valence-electron chi connectivity index (χ3n) is 2.61. The summed E-state index contributed by atoms with van der Waals surface area (Å²) in [6.45, 7) is 1.71. The molecular weight excluding hydrogens is 214 g/mol. The number of aliphatic hydroxyl groups is 1. The summed E-state index contributed by atoms with van der Waals surface area (Å²) < 4.78 is 4.41. The Morgan fingerprint density at radius 1 is 1.56 bits per heavy atom. The zero-order chi connectivity index (χ0) is 11.5. The molecule has 2 N–H and O–H groups in total. The van der Waals surface area contributed by atoms with Crippen LogP contribution in [-0.2, 0) is 6.54 Å². The Morgan fingerprint density at radius 3 is 3.06 bits per heavy atom. The van der Waals surface area contributed by atoms with Crippen molar-refractivity contribution >= 4 is 5.97 Å². The van der Waals surface area contributed by atoms with E-state index in [0.29, 0.717) is 18.8 Å². The molecule has 1 unspecified atom stereocenters. The average Bonchev–Trinajstić information content (AvgIpc) is 2.66. The lowest BCUT2D eigenvalue weighted by atomic mass is 10.1. The molecular formula is C9H13N3O4.